The summed E-state index contributed by atoms with van der Waals surface area (Å²) in [6, 6.07) is 7.35. The third-order valence-corrected chi connectivity index (χ3v) is 2.63. The van der Waals surface area contributed by atoms with E-state index >= 15 is 0 Å². The minimum atomic E-state index is -0.194. The van der Waals surface area contributed by atoms with Crippen molar-refractivity contribution < 1.29 is 10.2 Å². The first kappa shape index (κ1) is 9.49. The Hall–Kier alpha value is -1.06. The number of aliphatic hydroxyl groups is 1. The van der Waals surface area contributed by atoms with Gasteiger partial charge < -0.3 is 10.2 Å². The molecule has 0 saturated carbocycles. The van der Waals surface area contributed by atoms with Crippen LogP contribution in [0, 0.1) is 0 Å². The van der Waals surface area contributed by atoms with Gasteiger partial charge in [-0.2, -0.15) is 0 Å². The summed E-state index contributed by atoms with van der Waals surface area (Å²) < 4.78 is 0. The molecule has 1 aliphatic heterocycles. The highest BCUT2D eigenvalue weighted by molar-refractivity contribution is 5.31. The number of nitrogens with zero attached hydrogens (tertiary/aromatic N) is 1. The van der Waals surface area contributed by atoms with Crippen molar-refractivity contribution in [2.24, 2.45) is 0 Å². The van der Waals surface area contributed by atoms with Crippen LogP contribution in [-0.2, 0) is 6.54 Å². The molecule has 3 nitrogen and oxygen atoms in total. The van der Waals surface area contributed by atoms with Gasteiger partial charge in [-0.25, -0.2) is 0 Å². The number of aromatic hydroxyl groups is 1. The van der Waals surface area contributed by atoms with Gasteiger partial charge in [-0.05, 0) is 12.5 Å². The summed E-state index contributed by atoms with van der Waals surface area (Å²) in [5.74, 6) is 0.342. The van der Waals surface area contributed by atoms with Crippen molar-refractivity contribution in [3.8, 4) is 5.75 Å². The van der Waals surface area contributed by atoms with Gasteiger partial charge in [0.05, 0.1) is 6.10 Å². The second-order valence-electron chi connectivity index (χ2n) is 3.81. The van der Waals surface area contributed by atoms with Crippen LogP contribution in [0.3, 0.4) is 0 Å². The first-order valence-corrected chi connectivity index (χ1v) is 4.93. The van der Waals surface area contributed by atoms with Crippen LogP contribution in [0.5, 0.6) is 5.75 Å². The average Bonchev–Trinajstić information content (AvgIpc) is 2.56. The van der Waals surface area contributed by atoms with Gasteiger partial charge in [-0.15, -0.1) is 0 Å². The Labute approximate surface area is 83.6 Å². The molecule has 14 heavy (non-hydrogen) atoms. The lowest BCUT2D eigenvalue weighted by atomic mass is 10.2. The van der Waals surface area contributed by atoms with E-state index in [4.69, 9.17) is 0 Å². The molecule has 2 N–H and O–H groups in total. The molecule has 1 fully saturated rings. The molecule has 1 aromatic rings. The fraction of sp³-hybridized carbons (Fsp3) is 0.455. The highest BCUT2D eigenvalue weighted by Crippen LogP contribution is 2.20. The minimum absolute atomic E-state index is 0.194. The summed E-state index contributed by atoms with van der Waals surface area (Å²) in [5, 5.41) is 18.9. The summed E-state index contributed by atoms with van der Waals surface area (Å²) in [4.78, 5) is 2.15. The number of hydrogen-bond acceptors (Lipinski definition) is 3. The zero-order valence-corrected chi connectivity index (χ0v) is 8.06. The van der Waals surface area contributed by atoms with E-state index in [0.717, 1.165) is 25.1 Å². The van der Waals surface area contributed by atoms with Crippen LogP contribution in [0.4, 0.5) is 0 Å². The standard InChI is InChI=1S/C11H15NO2/c13-10-5-6-12(8-10)7-9-3-1-2-4-11(9)14/h1-4,10,13-14H,5-8H2. The van der Waals surface area contributed by atoms with Crippen molar-refractivity contribution in [1.29, 1.82) is 0 Å². The molecular weight excluding hydrogens is 178 g/mol. The van der Waals surface area contributed by atoms with Gasteiger partial charge in [0.2, 0.25) is 0 Å². The number of rotatable bonds is 2. The van der Waals surface area contributed by atoms with Crippen LogP contribution in [0.15, 0.2) is 24.3 Å². The number of hydrogen-bond donors (Lipinski definition) is 2. The largest absolute Gasteiger partial charge is 0.508 e. The van der Waals surface area contributed by atoms with Crippen LogP contribution in [0.25, 0.3) is 0 Å². The Kier molecular flexibility index (Phi) is 2.70. The second-order valence-corrected chi connectivity index (χ2v) is 3.81. The van der Waals surface area contributed by atoms with E-state index in [1.165, 1.54) is 0 Å². The molecule has 1 unspecified atom stereocenters. The highest BCUT2D eigenvalue weighted by atomic mass is 16.3. The lowest BCUT2D eigenvalue weighted by Gasteiger charge is -2.15. The van der Waals surface area contributed by atoms with E-state index < -0.39 is 0 Å². The number of phenolic OH excluding ortho intramolecular Hbond substituents is 1. The lowest BCUT2D eigenvalue weighted by Crippen LogP contribution is -2.21. The topological polar surface area (TPSA) is 43.7 Å². The van der Waals surface area contributed by atoms with Crippen molar-refractivity contribution in [2.75, 3.05) is 13.1 Å². The number of para-hydroxylation sites is 1. The third kappa shape index (κ3) is 2.05. The molecule has 0 bridgehead atoms. The zero-order chi connectivity index (χ0) is 9.97. The SMILES string of the molecule is Oc1ccccc1CN1CCC(O)C1. The van der Waals surface area contributed by atoms with E-state index in [-0.39, 0.29) is 6.10 Å². The van der Waals surface area contributed by atoms with Crippen LogP contribution in [0.1, 0.15) is 12.0 Å². The van der Waals surface area contributed by atoms with Gasteiger partial charge >= 0.3 is 0 Å². The monoisotopic (exact) mass is 193 g/mol. The highest BCUT2D eigenvalue weighted by Gasteiger charge is 2.20. The molecule has 1 saturated heterocycles. The quantitative estimate of drug-likeness (QED) is 0.735. The number of likely N-dealkylation sites (tertiary alicyclic amines) is 1. The summed E-state index contributed by atoms with van der Waals surface area (Å²) in [5.41, 5.74) is 0.932. The number of aliphatic hydroxyl groups excluding tert-OH is 1. The van der Waals surface area contributed by atoms with Gasteiger partial charge in [0.15, 0.2) is 0 Å². The summed E-state index contributed by atoms with van der Waals surface area (Å²) in [6.07, 6.45) is 0.647. The Bertz CT molecular complexity index is 314. The molecule has 1 atom stereocenters. The van der Waals surface area contributed by atoms with Gasteiger partial charge in [0.25, 0.3) is 0 Å². The molecular formula is C11H15NO2. The van der Waals surface area contributed by atoms with Gasteiger partial charge in [-0.1, -0.05) is 18.2 Å². The predicted octanol–water partition coefficient (Wildman–Crippen LogP) is 0.959. The van der Waals surface area contributed by atoms with E-state index in [0.29, 0.717) is 12.3 Å². The predicted molar refractivity (Wildman–Crippen MR) is 54.0 cm³/mol. The Balaban J connectivity index is 2.01. The average molecular weight is 193 g/mol. The van der Waals surface area contributed by atoms with E-state index in [1.807, 2.05) is 18.2 Å². The van der Waals surface area contributed by atoms with Crippen molar-refractivity contribution >= 4 is 0 Å². The molecule has 0 radical (unpaired) electrons. The number of phenols is 1. The van der Waals surface area contributed by atoms with Crippen LogP contribution in [0.2, 0.25) is 0 Å². The zero-order valence-electron chi connectivity index (χ0n) is 8.06. The molecule has 76 valence electrons. The van der Waals surface area contributed by atoms with Gasteiger partial charge in [0.1, 0.15) is 5.75 Å². The van der Waals surface area contributed by atoms with Gasteiger partial charge in [0, 0.05) is 25.2 Å². The fourth-order valence-corrected chi connectivity index (χ4v) is 1.84. The Morgan fingerprint density at radius 3 is 2.79 bits per heavy atom. The molecule has 1 aliphatic rings. The number of β-amino-alcohol motifs (C(OH)–C–C–N with tert-alkyl or cyclic N) is 1. The number of benzene rings is 1. The van der Waals surface area contributed by atoms with E-state index in [9.17, 15) is 10.2 Å². The van der Waals surface area contributed by atoms with Crippen molar-refractivity contribution in [1.82, 2.24) is 4.90 Å². The molecule has 1 heterocycles. The summed E-state index contributed by atoms with van der Waals surface area (Å²) in [7, 11) is 0. The van der Waals surface area contributed by atoms with Crippen LogP contribution >= 0.6 is 0 Å². The first-order chi connectivity index (χ1) is 6.75. The van der Waals surface area contributed by atoms with Gasteiger partial charge in [-0.3, -0.25) is 4.90 Å². The van der Waals surface area contributed by atoms with Crippen LogP contribution in [-0.4, -0.2) is 34.3 Å². The molecule has 2 rings (SSSR count). The maximum Gasteiger partial charge on any atom is 0.120 e. The van der Waals surface area contributed by atoms with Crippen molar-refractivity contribution in [3.63, 3.8) is 0 Å². The van der Waals surface area contributed by atoms with E-state index in [2.05, 4.69) is 4.90 Å². The summed E-state index contributed by atoms with van der Waals surface area (Å²) in [6.45, 7) is 2.35. The molecule has 0 amide bonds. The Morgan fingerprint density at radius 2 is 2.14 bits per heavy atom. The van der Waals surface area contributed by atoms with Crippen molar-refractivity contribution in [3.05, 3.63) is 29.8 Å². The van der Waals surface area contributed by atoms with Crippen molar-refractivity contribution in [2.45, 2.75) is 19.1 Å². The molecule has 3 heteroatoms. The third-order valence-electron chi connectivity index (χ3n) is 2.63. The first-order valence-electron chi connectivity index (χ1n) is 4.93. The molecule has 1 aromatic carbocycles. The maximum absolute atomic E-state index is 9.55. The molecule has 0 aromatic heterocycles. The van der Waals surface area contributed by atoms with E-state index in [1.54, 1.807) is 6.07 Å². The Morgan fingerprint density at radius 1 is 1.36 bits per heavy atom. The fourth-order valence-electron chi connectivity index (χ4n) is 1.84. The van der Waals surface area contributed by atoms with Crippen LogP contribution < -0.4 is 0 Å². The molecule has 0 spiro atoms. The smallest absolute Gasteiger partial charge is 0.120 e. The molecule has 0 aliphatic carbocycles. The lowest BCUT2D eigenvalue weighted by molar-refractivity contribution is 0.174. The second kappa shape index (κ2) is 3.98. The minimum Gasteiger partial charge on any atom is -0.508 e. The maximum atomic E-state index is 9.55. The summed E-state index contributed by atoms with van der Waals surface area (Å²) >= 11 is 0. The normalized spacial score (nSPS) is 22.8.